The van der Waals surface area contributed by atoms with E-state index in [1.807, 2.05) is 19.9 Å². The van der Waals surface area contributed by atoms with Crippen LogP contribution in [-0.2, 0) is 26.2 Å². The van der Waals surface area contributed by atoms with Crippen molar-refractivity contribution < 1.29 is 18.0 Å². The van der Waals surface area contributed by atoms with Crippen LogP contribution in [0.1, 0.15) is 55.7 Å². The van der Waals surface area contributed by atoms with Gasteiger partial charge in [-0.2, -0.15) is 0 Å². The van der Waals surface area contributed by atoms with Gasteiger partial charge in [0.2, 0.25) is 21.8 Å². The number of hydrogen-bond acceptors (Lipinski definition) is 4. The summed E-state index contributed by atoms with van der Waals surface area (Å²) >= 11 is 12.3. The van der Waals surface area contributed by atoms with Crippen LogP contribution in [0.3, 0.4) is 0 Å². The first-order valence-electron chi connectivity index (χ1n) is 12.4. The Balaban J connectivity index is 1.91. The van der Waals surface area contributed by atoms with Crippen molar-refractivity contribution in [1.29, 1.82) is 0 Å². The molecule has 0 aromatic heterocycles. The summed E-state index contributed by atoms with van der Waals surface area (Å²) in [6.07, 6.45) is 6.17. The number of anilines is 1. The molecule has 37 heavy (non-hydrogen) atoms. The number of benzene rings is 2. The highest BCUT2D eigenvalue weighted by Gasteiger charge is 2.31. The summed E-state index contributed by atoms with van der Waals surface area (Å²) < 4.78 is 26.6. The molecule has 1 fully saturated rings. The smallest absolute Gasteiger partial charge is 0.244 e. The molecule has 7 nitrogen and oxygen atoms in total. The van der Waals surface area contributed by atoms with E-state index in [9.17, 15) is 18.0 Å². The Kier molecular flexibility index (Phi) is 9.89. The van der Waals surface area contributed by atoms with Crippen LogP contribution in [0.2, 0.25) is 10.0 Å². The van der Waals surface area contributed by atoms with Crippen molar-refractivity contribution in [1.82, 2.24) is 10.2 Å². The fourth-order valence-corrected chi connectivity index (χ4v) is 5.85. The van der Waals surface area contributed by atoms with E-state index in [-0.39, 0.29) is 18.5 Å². The van der Waals surface area contributed by atoms with Gasteiger partial charge in [0, 0.05) is 12.6 Å². The maximum Gasteiger partial charge on any atom is 0.244 e. The molecule has 1 atom stereocenters. The largest absolute Gasteiger partial charge is 0.352 e. The van der Waals surface area contributed by atoms with Gasteiger partial charge < -0.3 is 10.2 Å². The van der Waals surface area contributed by atoms with Crippen LogP contribution in [0.4, 0.5) is 5.69 Å². The molecule has 0 bridgehead atoms. The summed E-state index contributed by atoms with van der Waals surface area (Å²) in [5.74, 6) is -0.764. The summed E-state index contributed by atoms with van der Waals surface area (Å²) in [5.41, 5.74) is 2.84. The Labute approximate surface area is 230 Å². The second-order valence-corrected chi connectivity index (χ2v) is 12.6. The van der Waals surface area contributed by atoms with E-state index < -0.39 is 28.5 Å². The lowest BCUT2D eigenvalue weighted by molar-refractivity contribution is -0.139. The molecule has 1 aliphatic carbocycles. The highest BCUT2D eigenvalue weighted by Crippen LogP contribution is 2.25. The molecule has 0 aliphatic heterocycles. The molecule has 1 aliphatic rings. The molecule has 0 saturated heterocycles. The molecule has 1 N–H and O–H groups in total. The van der Waals surface area contributed by atoms with E-state index in [0.717, 1.165) is 53.8 Å². The van der Waals surface area contributed by atoms with Gasteiger partial charge >= 0.3 is 0 Å². The van der Waals surface area contributed by atoms with Gasteiger partial charge in [-0.1, -0.05) is 54.6 Å². The monoisotopic (exact) mass is 567 g/mol. The van der Waals surface area contributed by atoms with Gasteiger partial charge in [-0.15, -0.1) is 0 Å². The number of aryl methyl sites for hydroxylation is 2. The number of halogens is 2. The van der Waals surface area contributed by atoms with Crippen LogP contribution in [0.5, 0.6) is 0 Å². The summed E-state index contributed by atoms with van der Waals surface area (Å²) in [4.78, 5) is 28.3. The van der Waals surface area contributed by atoms with Crippen LogP contribution < -0.4 is 9.62 Å². The third-order valence-electron chi connectivity index (χ3n) is 6.63. The van der Waals surface area contributed by atoms with Gasteiger partial charge in [0.05, 0.1) is 22.0 Å². The van der Waals surface area contributed by atoms with Crippen molar-refractivity contribution in [3.63, 3.8) is 0 Å². The van der Waals surface area contributed by atoms with Crippen molar-refractivity contribution in [2.75, 3.05) is 17.1 Å². The summed E-state index contributed by atoms with van der Waals surface area (Å²) in [5, 5.41) is 3.79. The maximum atomic E-state index is 13.7. The van der Waals surface area contributed by atoms with Gasteiger partial charge in [-0.05, 0) is 74.6 Å². The number of hydrogen-bond donors (Lipinski definition) is 1. The van der Waals surface area contributed by atoms with Crippen molar-refractivity contribution >= 4 is 50.7 Å². The zero-order valence-electron chi connectivity index (χ0n) is 21.8. The quantitative estimate of drug-likeness (QED) is 0.448. The molecule has 202 valence electrons. The average molecular weight is 569 g/mol. The molecule has 0 radical (unpaired) electrons. The van der Waals surface area contributed by atoms with Crippen LogP contribution >= 0.6 is 23.2 Å². The van der Waals surface area contributed by atoms with Crippen LogP contribution in [0.15, 0.2) is 36.4 Å². The summed E-state index contributed by atoms with van der Waals surface area (Å²) in [6, 6.07) is 9.64. The lowest BCUT2D eigenvalue weighted by atomic mass is 9.95. The zero-order valence-corrected chi connectivity index (χ0v) is 24.1. The molecule has 10 heteroatoms. The predicted octanol–water partition coefficient (Wildman–Crippen LogP) is 5.24. The second-order valence-electron chi connectivity index (χ2n) is 9.91. The number of carbonyl (C=O) groups is 2. The van der Waals surface area contributed by atoms with E-state index in [4.69, 9.17) is 23.2 Å². The highest BCUT2D eigenvalue weighted by molar-refractivity contribution is 7.92. The molecule has 2 aromatic carbocycles. The van der Waals surface area contributed by atoms with Gasteiger partial charge in [0.1, 0.15) is 12.6 Å². The number of nitrogens with zero attached hydrogens (tertiary/aromatic N) is 2. The van der Waals surface area contributed by atoms with Crippen LogP contribution in [0.25, 0.3) is 0 Å². The van der Waals surface area contributed by atoms with Crippen molar-refractivity contribution in [2.24, 2.45) is 0 Å². The molecular formula is C27H35Cl2N3O4S. The lowest BCUT2D eigenvalue weighted by Crippen LogP contribution is -2.53. The standard InChI is InChI=1S/C27H35Cl2N3O4S/c1-18-12-19(2)14-23(13-18)32(37(4,35)36)17-26(33)31(16-21-10-11-24(28)25(29)15-21)20(3)27(34)30-22-8-6-5-7-9-22/h10-15,20,22H,5-9,16-17H2,1-4H3,(H,30,34). The SMILES string of the molecule is Cc1cc(C)cc(N(CC(=O)N(Cc2ccc(Cl)c(Cl)c2)C(C)C(=O)NC2CCCCC2)S(C)(=O)=O)c1. The topological polar surface area (TPSA) is 86.8 Å². The Bertz CT molecular complexity index is 1230. The third-order valence-corrected chi connectivity index (χ3v) is 8.51. The van der Waals surface area contributed by atoms with Crippen molar-refractivity contribution in [3.8, 4) is 0 Å². The number of amides is 2. The van der Waals surface area contributed by atoms with Gasteiger partial charge in [0.25, 0.3) is 0 Å². The number of sulfonamides is 1. The molecular weight excluding hydrogens is 533 g/mol. The molecule has 2 amide bonds. The molecule has 1 unspecified atom stereocenters. The Hall–Kier alpha value is -2.29. The molecule has 1 saturated carbocycles. The van der Waals surface area contributed by atoms with Crippen molar-refractivity contribution in [2.45, 2.75) is 71.5 Å². The summed E-state index contributed by atoms with van der Waals surface area (Å²) in [7, 11) is -3.79. The van der Waals surface area contributed by atoms with Gasteiger partial charge in [0.15, 0.2) is 0 Å². The predicted molar refractivity (Wildman–Crippen MR) is 150 cm³/mol. The zero-order chi connectivity index (χ0) is 27.3. The normalized spacial score (nSPS) is 15.2. The first-order valence-corrected chi connectivity index (χ1v) is 15.1. The maximum absolute atomic E-state index is 13.7. The molecule has 0 spiro atoms. The second kappa shape index (κ2) is 12.5. The number of rotatable bonds is 9. The fraction of sp³-hybridized carbons (Fsp3) is 0.481. The minimum atomic E-state index is -3.79. The van der Waals surface area contributed by atoms with Gasteiger partial charge in [-0.3, -0.25) is 13.9 Å². The Morgan fingerprint density at radius 3 is 2.19 bits per heavy atom. The highest BCUT2D eigenvalue weighted by atomic mass is 35.5. The molecule has 0 heterocycles. The van der Waals surface area contributed by atoms with E-state index in [1.54, 1.807) is 37.3 Å². The first kappa shape index (κ1) is 29.3. The van der Waals surface area contributed by atoms with E-state index in [0.29, 0.717) is 21.3 Å². The fourth-order valence-electron chi connectivity index (χ4n) is 4.69. The van der Waals surface area contributed by atoms with Crippen molar-refractivity contribution in [3.05, 3.63) is 63.1 Å². The van der Waals surface area contributed by atoms with Crippen LogP contribution in [0, 0.1) is 13.8 Å². The van der Waals surface area contributed by atoms with E-state index >= 15 is 0 Å². The lowest BCUT2D eigenvalue weighted by Gasteiger charge is -2.33. The Morgan fingerprint density at radius 2 is 1.62 bits per heavy atom. The molecule has 2 aromatic rings. The number of carbonyl (C=O) groups excluding carboxylic acids is 2. The van der Waals surface area contributed by atoms with E-state index in [1.165, 1.54) is 4.90 Å². The first-order chi connectivity index (χ1) is 17.3. The van der Waals surface area contributed by atoms with E-state index in [2.05, 4.69) is 5.32 Å². The minimum absolute atomic E-state index is 0.0689. The third kappa shape index (κ3) is 8.09. The average Bonchev–Trinajstić information content (AvgIpc) is 2.81. The number of nitrogens with one attached hydrogen (secondary N) is 1. The van der Waals surface area contributed by atoms with Gasteiger partial charge in [-0.25, -0.2) is 8.42 Å². The molecule has 3 rings (SSSR count). The van der Waals surface area contributed by atoms with Crippen LogP contribution in [-0.4, -0.2) is 50.0 Å². The minimum Gasteiger partial charge on any atom is -0.352 e. The summed E-state index contributed by atoms with van der Waals surface area (Å²) in [6.45, 7) is 5.03. The Morgan fingerprint density at radius 1 is 1.00 bits per heavy atom.